The molecule has 248 valence electrons. The van der Waals surface area contributed by atoms with E-state index in [1.165, 1.54) is 6.42 Å². The fourth-order valence-electron chi connectivity index (χ4n) is 3.04. The van der Waals surface area contributed by atoms with Gasteiger partial charge in [-0.05, 0) is 18.8 Å². The second-order valence-electron chi connectivity index (χ2n) is 9.26. The molecule has 0 aromatic rings. The molecule has 41 heavy (non-hydrogen) atoms. The van der Waals surface area contributed by atoms with E-state index in [1.54, 1.807) is 7.11 Å². The van der Waals surface area contributed by atoms with Gasteiger partial charge in [0.1, 0.15) is 0 Å². The first-order valence-electron chi connectivity index (χ1n) is 15.1. The van der Waals surface area contributed by atoms with Crippen LogP contribution in [0.3, 0.4) is 0 Å². The molecule has 0 radical (unpaired) electrons. The standard InChI is InChI=1S/C29H60O12/c1-29(2)5-4-6-31-9-10-33-13-14-35-17-18-37-21-22-39-25-26-41-28-27-40-24-23-38-20-19-36-16-15-34-12-11-32-8-7-30-3/h29H,4-28H2,1-3H3. The second kappa shape index (κ2) is 37.5. The zero-order valence-electron chi connectivity index (χ0n) is 26.2. The molecule has 12 heteroatoms. The number of hydrogen-bond acceptors (Lipinski definition) is 12. The van der Waals surface area contributed by atoms with E-state index in [2.05, 4.69) is 13.8 Å². The highest BCUT2D eigenvalue weighted by Crippen LogP contribution is 2.02. The molecule has 12 nitrogen and oxygen atoms in total. The summed E-state index contributed by atoms with van der Waals surface area (Å²) in [6, 6.07) is 0. The van der Waals surface area contributed by atoms with Crippen molar-refractivity contribution in [2.75, 3.05) is 159 Å². The van der Waals surface area contributed by atoms with Crippen LogP contribution < -0.4 is 0 Å². The van der Waals surface area contributed by atoms with Crippen LogP contribution in [0.4, 0.5) is 0 Å². The molecule has 0 atom stereocenters. The van der Waals surface area contributed by atoms with Crippen molar-refractivity contribution >= 4 is 0 Å². The lowest BCUT2D eigenvalue weighted by atomic mass is 10.1. The summed E-state index contributed by atoms with van der Waals surface area (Å²) in [6.45, 7) is 17.3. The Morgan fingerprint density at radius 2 is 0.488 bits per heavy atom. The van der Waals surface area contributed by atoms with Crippen molar-refractivity contribution in [1.29, 1.82) is 0 Å². The Morgan fingerprint density at radius 3 is 0.683 bits per heavy atom. The van der Waals surface area contributed by atoms with E-state index >= 15 is 0 Å². The highest BCUT2D eigenvalue weighted by molar-refractivity contribution is 4.45. The first kappa shape index (κ1) is 40.5. The molecule has 0 unspecified atom stereocenters. The van der Waals surface area contributed by atoms with Gasteiger partial charge >= 0.3 is 0 Å². The molecule has 0 bridgehead atoms. The van der Waals surface area contributed by atoms with Gasteiger partial charge in [-0.1, -0.05) is 13.8 Å². The maximum Gasteiger partial charge on any atom is 0.0701 e. The number of hydrogen-bond donors (Lipinski definition) is 0. The van der Waals surface area contributed by atoms with Crippen LogP contribution >= 0.6 is 0 Å². The van der Waals surface area contributed by atoms with Crippen LogP contribution in [0.5, 0.6) is 0 Å². The average Bonchev–Trinajstić information content (AvgIpc) is 2.97. The Morgan fingerprint density at radius 1 is 0.293 bits per heavy atom. The quantitative estimate of drug-likeness (QED) is 0.0976. The van der Waals surface area contributed by atoms with Crippen LogP contribution in [0, 0.1) is 5.92 Å². The van der Waals surface area contributed by atoms with Crippen molar-refractivity contribution in [3.8, 4) is 0 Å². The Labute approximate surface area is 248 Å². The van der Waals surface area contributed by atoms with Crippen molar-refractivity contribution in [2.24, 2.45) is 5.92 Å². The van der Waals surface area contributed by atoms with Gasteiger partial charge in [0.15, 0.2) is 0 Å². The van der Waals surface area contributed by atoms with Gasteiger partial charge in [0.25, 0.3) is 0 Å². The molecule has 0 amide bonds. The molecule has 0 fully saturated rings. The zero-order chi connectivity index (χ0) is 29.7. The van der Waals surface area contributed by atoms with Crippen LogP contribution in [-0.4, -0.2) is 159 Å². The van der Waals surface area contributed by atoms with Crippen LogP contribution in [-0.2, 0) is 56.8 Å². The van der Waals surface area contributed by atoms with Gasteiger partial charge in [0.2, 0.25) is 0 Å². The topological polar surface area (TPSA) is 111 Å². The van der Waals surface area contributed by atoms with Gasteiger partial charge in [0.05, 0.1) is 145 Å². The third kappa shape index (κ3) is 39.5. The molecule has 0 heterocycles. The molecule has 0 aliphatic heterocycles. The highest BCUT2D eigenvalue weighted by atomic mass is 16.6. The molecule has 0 rings (SSSR count). The van der Waals surface area contributed by atoms with Crippen LogP contribution in [0.1, 0.15) is 26.7 Å². The molecule has 0 N–H and O–H groups in total. The highest BCUT2D eigenvalue weighted by Gasteiger charge is 1.97. The number of rotatable bonds is 37. The third-order valence-electron chi connectivity index (χ3n) is 5.22. The van der Waals surface area contributed by atoms with E-state index in [1.807, 2.05) is 0 Å². The average molecular weight is 601 g/mol. The first-order valence-corrected chi connectivity index (χ1v) is 15.1. The van der Waals surface area contributed by atoms with Crippen molar-refractivity contribution < 1.29 is 56.8 Å². The third-order valence-corrected chi connectivity index (χ3v) is 5.22. The maximum atomic E-state index is 5.53. The first-order chi connectivity index (χ1) is 20.3. The van der Waals surface area contributed by atoms with Crippen LogP contribution in [0.25, 0.3) is 0 Å². The summed E-state index contributed by atoms with van der Waals surface area (Å²) in [5.74, 6) is 0.732. The molecule has 0 aromatic heterocycles. The fourth-order valence-corrected chi connectivity index (χ4v) is 3.04. The van der Waals surface area contributed by atoms with Crippen molar-refractivity contribution in [2.45, 2.75) is 26.7 Å². The lowest BCUT2D eigenvalue weighted by Crippen LogP contribution is -2.15. The number of methoxy groups -OCH3 is 1. The summed E-state index contributed by atoms with van der Waals surface area (Å²) < 4.78 is 64.8. The van der Waals surface area contributed by atoms with Crippen LogP contribution in [0.15, 0.2) is 0 Å². The Hall–Kier alpha value is -0.480. The molecule has 0 saturated heterocycles. The largest absolute Gasteiger partial charge is 0.382 e. The second-order valence-corrected chi connectivity index (χ2v) is 9.26. The van der Waals surface area contributed by atoms with Gasteiger partial charge in [0, 0.05) is 13.7 Å². The minimum Gasteiger partial charge on any atom is -0.382 e. The molecular weight excluding hydrogens is 540 g/mol. The predicted molar refractivity (Wildman–Crippen MR) is 155 cm³/mol. The summed E-state index contributed by atoms with van der Waals surface area (Å²) in [5.41, 5.74) is 0. The lowest BCUT2D eigenvalue weighted by Gasteiger charge is -2.09. The van der Waals surface area contributed by atoms with E-state index in [-0.39, 0.29) is 0 Å². The molecule has 0 aromatic carbocycles. The van der Waals surface area contributed by atoms with Gasteiger partial charge < -0.3 is 56.8 Å². The van der Waals surface area contributed by atoms with Gasteiger partial charge in [-0.2, -0.15) is 0 Å². The normalized spacial score (nSPS) is 11.7. The molecule has 0 aliphatic rings. The van der Waals surface area contributed by atoms with E-state index < -0.39 is 0 Å². The molecule has 0 saturated carbocycles. The van der Waals surface area contributed by atoms with E-state index in [0.717, 1.165) is 18.9 Å². The van der Waals surface area contributed by atoms with Crippen molar-refractivity contribution in [1.82, 2.24) is 0 Å². The maximum absolute atomic E-state index is 5.53. The smallest absolute Gasteiger partial charge is 0.0701 e. The fraction of sp³-hybridized carbons (Fsp3) is 1.00. The Balaban J connectivity index is 3.03. The SMILES string of the molecule is COCCOCCOCCOCCOCCOCCOCCOCCOCCOCCOCCOCCCC(C)C. The summed E-state index contributed by atoms with van der Waals surface area (Å²) in [6.07, 6.45) is 2.31. The minimum atomic E-state index is 0.521. The van der Waals surface area contributed by atoms with Gasteiger partial charge in [-0.25, -0.2) is 0 Å². The zero-order valence-corrected chi connectivity index (χ0v) is 26.2. The van der Waals surface area contributed by atoms with Gasteiger partial charge in [-0.3, -0.25) is 0 Å². The molecule has 0 spiro atoms. The summed E-state index contributed by atoms with van der Waals surface area (Å²) in [7, 11) is 1.65. The lowest BCUT2D eigenvalue weighted by molar-refractivity contribution is -0.0280. The predicted octanol–water partition coefficient (Wildman–Crippen LogP) is 2.25. The minimum absolute atomic E-state index is 0.521. The Bertz CT molecular complexity index is 460. The summed E-state index contributed by atoms with van der Waals surface area (Å²) in [5, 5.41) is 0. The molecular formula is C29H60O12. The van der Waals surface area contributed by atoms with Gasteiger partial charge in [-0.15, -0.1) is 0 Å². The van der Waals surface area contributed by atoms with Crippen LogP contribution in [0.2, 0.25) is 0 Å². The van der Waals surface area contributed by atoms with E-state index in [9.17, 15) is 0 Å². The Kier molecular flexibility index (Phi) is 37.1. The van der Waals surface area contributed by atoms with E-state index in [4.69, 9.17) is 56.8 Å². The number of ether oxygens (including phenoxy) is 12. The molecule has 0 aliphatic carbocycles. The monoisotopic (exact) mass is 600 g/mol. The summed E-state index contributed by atoms with van der Waals surface area (Å²) >= 11 is 0. The van der Waals surface area contributed by atoms with E-state index in [0.29, 0.717) is 145 Å². The van der Waals surface area contributed by atoms with Crippen molar-refractivity contribution in [3.05, 3.63) is 0 Å². The summed E-state index contributed by atoms with van der Waals surface area (Å²) in [4.78, 5) is 0. The van der Waals surface area contributed by atoms with Crippen molar-refractivity contribution in [3.63, 3.8) is 0 Å².